The fraction of sp³-hybridized carbons (Fsp3) is 0.300. The van der Waals surface area contributed by atoms with Crippen molar-refractivity contribution in [2.24, 2.45) is 0 Å². The number of alkyl halides is 3. The number of hydrogen-bond donors (Lipinski definition) is 1. The van der Waals surface area contributed by atoms with E-state index >= 15 is 0 Å². The lowest BCUT2D eigenvalue weighted by atomic mass is 10.0. The number of nitrogens with zero attached hydrogens (tertiary/aromatic N) is 4. The van der Waals surface area contributed by atoms with Crippen LogP contribution < -0.4 is 5.32 Å². The second-order valence-electron chi connectivity index (χ2n) is 9.48. The van der Waals surface area contributed by atoms with Crippen LogP contribution in [0.4, 0.5) is 19.0 Å². The fourth-order valence-corrected chi connectivity index (χ4v) is 4.46. The molecule has 0 amide bonds. The smallest absolute Gasteiger partial charge is 0.369 e. The van der Waals surface area contributed by atoms with E-state index in [0.29, 0.717) is 42.4 Å². The van der Waals surface area contributed by atoms with Crippen molar-refractivity contribution in [3.63, 3.8) is 0 Å². The van der Waals surface area contributed by atoms with Crippen LogP contribution in [-0.2, 0) is 19.1 Å². The first-order valence-corrected chi connectivity index (χ1v) is 12.6. The summed E-state index contributed by atoms with van der Waals surface area (Å²) >= 11 is 0. The summed E-state index contributed by atoms with van der Waals surface area (Å²) in [6, 6.07) is 15.7. The maximum Gasteiger partial charge on any atom is 0.418 e. The number of anilines is 1. The predicted molar refractivity (Wildman–Crippen MR) is 147 cm³/mol. The molecule has 0 aliphatic carbocycles. The van der Waals surface area contributed by atoms with E-state index in [1.807, 2.05) is 19.1 Å². The molecule has 2 aromatic heterocycles. The third-order valence-corrected chi connectivity index (χ3v) is 6.38. The van der Waals surface area contributed by atoms with Gasteiger partial charge in [-0.3, -0.25) is 9.88 Å². The highest BCUT2D eigenvalue weighted by atomic mass is 19.4. The minimum Gasteiger partial charge on any atom is -0.369 e. The van der Waals surface area contributed by atoms with Gasteiger partial charge in [0.2, 0.25) is 0 Å². The van der Waals surface area contributed by atoms with Gasteiger partial charge in [-0.1, -0.05) is 49.4 Å². The number of hydrogen-bond acceptors (Lipinski definition) is 5. The molecule has 0 fully saturated rings. The standard InChI is InChI=1S/C30H32F3N5/c1-5-38(18-20(2)3)19-27-36-26-17-23(28-25(30(31,32)33)11-8-15-34-28)12-13-24(26)29(37-27)35-16-14-22-10-7-6-9-21(22)4/h6-13,15,17H,2,5,14,16,18-19H2,1,3-4H3,(H,35,36,37). The van der Waals surface area contributed by atoms with Gasteiger partial charge in [0.15, 0.2) is 0 Å². The van der Waals surface area contributed by atoms with Crippen molar-refractivity contribution < 1.29 is 13.2 Å². The maximum absolute atomic E-state index is 13.7. The van der Waals surface area contributed by atoms with Crippen LogP contribution >= 0.6 is 0 Å². The Kier molecular flexibility index (Phi) is 8.42. The molecule has 5 nitrogen and oxygen atoms in total. The number of fused-ring (bicyclic) bond motifs is 1. The number of aryl methyl sites for hydroxylation is 1. The number of rotatable bonds is 10. The predicted octanol–water partition coefficient (Wildman–Crippen LogP) is 7.07. The van der Waals surface area contributed by atoms with Gasteiger partial charge in [0.25, 0.3) is 0 Å². The van der Waals surface area contributed by atoms with E-state index in [1.165, 1.54) is 23.4 Å². The summed E-state index contributed by atoms with van der Waals surface area (Å²) in [6.07, 6.45) is -2.33. The molecule has 0 atom stereocenters. The molecule has 1 N–H and O–H groups in total. The van der Waals surface area contributed by atoms with Gasteiger partial charge < -0.3 is 5.32 Å². The van der Waals surface area contributed by atoms with Crippen molar-refractivity contribution in [1.82, 2.24) is 19.9 Å². The summed E-state index contributed by atoms with van der Waals surface area (Å²) in [7, 11) is 0. The SMILES string of the molecule is C=C(C)CN(CC)Cc1nc(NCCc2ccccc2C)c2ccc(-c3ncccc3C(F)(F)F)cc2n1. The highest BCUT2D eigenvalue weighted by Gasteiger charge is 2.34. The molecule has 0 saturated heterocycles. The van der Waals surface area contributed by atoms with Crippen LogP contribution in [0.1, 0.15) is 36.4 Å². The zero-order chi connectivity index (χ0) is 27.3. The van der Waals surface area contributed by atoms with Gasteiger partial charge in [-0.15, -0.1) is 0 Å². The summed E-state index contributed by atoms with van der Waals surface area (Å²) in [5.41, 5.74) is 3.53. The van der Waals surface area contributed by atoms with Crippen LogP contribution in [-0.4, -0.2) is 39.5 Å². The van der Waals surface area contributed by atoms with Crippen molar-refractivity contribution in [2.75, 3.05) is 25.0 Å². The number of benzene rings is 2. The Morgan fingerprint density at radius 3 is 2.55 bits per heavy atom. The lowest BCUT2D eigenvalue weighted by Crippen LogP contribution is -2.26. The monoisotopic (exact) mass is 519 g/mol. The number of pyridine rings is 1. The van der Waals surface area contributed by atoms with Crippen LogP contribution in [0.15, 0.2) is 72.9 Å². The molecule has 0 spiro atoms. The van der Waals surface area contributed by atoms with Crippen molar-refractivity contribution >= 4 is 16.7 Å². The summed E-state index contributed by atoms with van der Waals surface area (Å²) < 4.78 is 41.0. The lowest BCUT2D eigenvalue weighted by Gasteiger charge is -2.20. The molecule has 8 heteroatoms. The normalized spacial score (nSPS) is 11.8. The Labute approximate surface area is 221 Å². The summed E-state index contributed by atoms with van der Waals surface area (Å²) in [5, 5.41) is 4.19. The van der Waals surface area contributed by atoms with Gasteiger partial charge in [0.05, 0.1) is 23.3 Å². The van der Waals surface area contributed by atoms with Gasteiger partial charge in [0, 0.05) is 30.2 Å². The summed E-state index contributed by atoms with van der Waals surface area (Å²) in [4.78, 5) is 15.8. The lowest BCUT2D eigenvalue weighted by molar-refractivity contribution is -0.137. The van der Waals surface area contributed by atoms with E-state index < -0.39 is 11.7 Å². The summed E-state index contributed by atoms with van der Waals surface area (Å²) in [5.74, 6) is 1.25. The van der Waals surface area contributed by atoms with E-state index in [0.717, 1.165) is 30.0 Å². The zero-order valence-electron chi connectivity index (χ0n) is 21.9. The second-order valence-corrected chi connectivity index (χ2v) is 9.48. The molecule has 4 rings (SSSR count). The van der Waals surface area contributed by atoms with Crippen LogP contribution in [0.3, 0.4) is 0 Å². The molecule has 2 heterocycles. The van der Waals surface area contributed by atoms with Crippen molar-refractivity contribution in [3.8, 4) is 11.3 Å². The molecular formula is C30H32F3N5. The molecule has 38 heavy (non-hydrogen) atoms. The topological polar surface area (TPSA) is 53.9 Å². The Bertz CT molecular complexity index is 1430. The van der Waals surface area contributed by atoms with Crippen LogP contribution in [0.2, 0.25) is 0 Å². The van der Waals surface area contributed by atoms with E-state index in [-0.39, 0.29) is 5.69 Å². The molecule has 0 unspecified atom stereocenters. The highest BCUT2D eigenvalue weighted by Crippen LogP contribution is 2.36. The van der Waals surface area contributed by atoms with E-state index in [4.69, 9.17) is 9.97 Å². The summed E-state index contributed by atoms with van der Waals surface area (Å²) in [6.45, 7) is 12.8. The van der Waals surface area contributed by atoms with E-state index in [9.17, 15) is 13.2 Å². The van der Waals surface area contributed by atoms with Crippen LogP contribution in [0.25, 0.3) is 22.2 Å². The molecule has 2 aromatic carbocycles. The minimum atomic E-state index is -4.51. The Morgan fingerprint density at radius 1 is 1.05 bits per heavy atom. The van der Waals surface area contributed by atoms with Gasteiger partial charge >= 0.3 is 6.18 Å². The first-order chi connectivity index (χ1) is 18.2. The van der Waals surface area contributed by atoms with Crippen LogP contribution in [0, 0.1) is 6.92 Å². The van der Waals surface area contributed by atoms with Crippen LogP contribution in [0.5, 0.6) is 0 Å². The third-order valence-electron chi connectivity index (χ3n) is 6.38. The molecule has 0 saturated carbocycles. The third kappa shape index (κ3) is 6.55. The van der Waals surface area contributed by atoms with Crippen molar-refractivity contribution in [3.05, 3.63) is 95.5 Å². The number of aromatic nitrogens is 3. The zero-order valence-corrected chi connectivity index (χ0v) is 21.9. The maximum atomic E-state index is 13.7. The van der Waals surface area contributed by atoms with Gasteiger partial charge in [-0.2, -0.15) is 13.2 Å². The quantitative estimate of drug-likeness (QED) is 0.227. The number of nitrogens with one attached hydrogen (secondary N) is 1. The second kappa shape index (κ2) is 11.7. The molecule has 0 aliphatic rings. The van der Waals surface area contributed by atoms with E-state index in [2.05, 4.69) is 47.8 Å². The van der Waals surface area contributed by atoms with Crippen molar-refractivity contribution in [1.29, 1.82) is 0 Å². The van der Waals surface area contributed by atoms with Gasteiger partial charge in [0.1, 0.15) is 11.6 Å². The highest BCUT2D eigenvalue weighted by molar-refractivity contribution is 5.92. The average Bonchev–Trinajstić information content (AvgIpc) is 2.88. The molecule has 0 bridgehead atoms. The molecule has 0 aliphatic heterocycles. The number of halogens is 3. The first kappa shape index (κ1) is 27.3. The van der Waals surface area contributed by atoms with Gasteiger partial charge in [-0.25, -0.2) is 9.97 Å². The molecular weight excluding hydrogens is 487 g/mol. The van der Waals surface area contributed by atoms with Gasteiger partial charge in [-0.05, 0) is 62.2 Å². The molecule has 4 aromatic rings. The Balaban J connectivity index is 1.73. The molecule has 0 radical (unpaired) electrons. The number of likely N-dealkylation sites (N-methyl/N-ethyl adjacent to an activating group) is 1. The minimum absolute atomic E-state index is 0.117. The fourth-order valence-electron chi connectivity index (χ4n) is 4.46. The molecule has 198 valence electrons. The van der Waals surface area contributed by atoms with Crippen molar-refractivity contribution in [2.45, 2.75) is 39.9 Å². The van der Waals surface area contributed by atoms with E-state index in [1.54, 1.807) is 18.2 Å². The largest absolute Gasteiger partial charge is 0.418 e. The Hall–Kier alpha value is -3.78. The average molecular weight is 520 g/mol. The first-order valence-electron chi connectivity index (χ1n) is 12.6. The Morgan fingerprint density at radius 2 is 1.84 bits per heavy atom.